The molecule has 0 aliphatic heterocycles. The Morgan fingerprint density at radius 2 is 2.21 bits per heavy atom. The molecular formula is C13H12BrClFN3. The van der Waals surface area contributed by atoms with Gasteiger partial charge >= 0.3 is 0 Å². The van der Waals surface area contributed by atoms with Crippen molar-refractivity contribution < 1.29 is 4.39 Å². The number of nitrogens with two attached hydrogens (primary N) is 1. The number of nitrogens with one attached hydrogen (secondary N) is 1. The maximum atomic E-state index is 13.9. The smallest absolute Gasteiger partial charge is 0.129 e. The number of pyridine rings is 1. The van der Waals surface area contributed by atoms with E-state index in [2.05, 4.69) is 26.3 Å². The molecule has 0 aliphatic rings. The summed E-state index contributed by atoms with van der Waals surface area (Å²) in [5, 5.41) is 0.353. The van der Waals surface area contributed by atoms with Gasteiger partial charge in [0.05, 0.1) is 6.04 Å². The molecule has 0 saturated heterocycles. The van der Waals surface area contributed by atoms with Gasteiger partial charge in [-0.15, -0.1) is 0 Å². The molecule has 1 aromatic carbocycles. The van der Waals surface area contributed by atoms with Gasteiger partial charge in [-0.2, -0.15) is 0 Å². The number of rotatable bonds is 4. The zero-order valence-corrected chi connectivity index (χ0v) is 12.2. The second-order valence-electron chi connectivity index (χ2n) is 4.07. The molecule has 2 rings (SSSR count). The summed E-state index contributed by atoms with van der Waals surface area (Å²) in [4.78, 5) is 4.07. The number of hydrazine groups is 1. The second-order valence-corrected chi connectivity index (χ2v) is 5.39. The molecule has 1 aromatic heterocycles. The molecular weight excluding hydrogens is 333 g/mol. The topological polar surface area (TPSA) is 50.9 Å². The summed E-state index contributed by atoms with van der Waals surface area (Å²) in [6.07, 6.45) is 3.89. The summed E-state index contributed by atoms with van der Waals surface area (Å²) in [5.41, 5.74) is 3.90. The lowest BCUT2D eigenvalue weighted by atomic mass is 10.00. The normalized spacial score (nSPS) is 12.4. The maximum Gasteiger partial charge on any atom is 0.129 e. The van der Waals surface area contributed by atoms with Crippen molar-refractivity contribution >= 4 is 27.5 Å². The number of hydrogen-bond acceptors (Lipinski definition) is 3. The molecule has 0 saturated carbocycles. The van der Waals surface area contributed by atoms with Crippen LogP contribution in [0.15, 0.2) is 41.1 Å². The Balaban J connectivity index is 2.30. The van der Waals surface area contributed by atoms with Crippen LogP contribution in [0.5, 0.6) is 0 Å². The molecule has 0 spiro atoms. The van der Waals surface area contributed by atoms with Crippen LogP contribution in [0.1, 0.15) is 17.2 Å². The molecule has 0 aliphatic carbocycles. The van der Waals surface area contributed by atoms with Crippen LogP contribution >= 0.6 is 27.5 Å². The van der Waals surface area contributed by atoms with Gasteiger partial charge in [-0.1, -0.05) is 17.7 Å². The van der Waals surface area contributed by atoms with E-state index in [0.717, 1.165) is 10.0 Å². The predicted octanol–water partition coefficient (Wildman–Crippen LogP) is 3.38. The van der Waals surface area contributed by atoms with Crippen molar-refractivity contribution in [2.75, 3.05) is 0 Å². The molecule has 0 amide bonds. The molecule has 3 nitrogen and oxygen atoms in total. The highest BCUT2D eigenvalue weighted by atomic mass is 79.9. The fraction of sp³-hybridized carbons (Fsp3) is 0.154. The molecule has 0 radical (unpaired) electrons. The fourth-order valence-corrected chi connectivity index (χ4v) is 2.60. The van der Waals surface area contributed by atoms with Gasteiger partial charge in [-0.25, -0.2) is 4.39 Å². The van der Waals surface area contributed by atoms with Crippen molar-refractivity contribution in [3.8, 4) is 0 Å². The summed E-state index contributed by atoms with van der Waals surface area (Å²) in [6.45, 7) is 0. The molecule has 19 heavy (non-hydrogen) atoms. The number of aromatic nitrogens is 1. The number of hydrogen-bond donors (Lipinski definition) is 2. The Morgan fingerprint density at radius 1 is 1.42 bits per heavy atom. The molecule has 6 heteroatoms. The third-order valence-electron chi connectivity index (χ3n) is 2.75. The quantitative estimate of drug-likeness (QED) is 0.660. The van der Waals surface area contributed by atoms with Gasteiger partial charge in [0.25, 0.3) is 0 Å². The van der Waals surface area contributed by atoms with E-state index in [9.17, 15) is 4.39 Å². The summed E-state index contributed by atoms with van der Waals surface area (Å²) >= 11 is 9.38. The van der Waals surface area contributed by atoms with E-state index in [1.54, 1.807) is 24.5 Å². The van der Waals surface area contributed by atoms with Gasteiger partial charge in [0.2, 0.25) is 0 Å². The first-order valence-corrected chi connectivity index (χ1v) is 6.78. The molecule has 100 valence electrons. The zero-order valence-electron chi connectivity index (χ0n) is 9.91. The maximum absolute atomic E-state index is 13.9. The molecule has 3 N–H and O–H groups in total. The van der Waals surface area contributed by atoms with E-state index in [1.807, 2.05) is 6.07 Å². The number of nitrogens with zero attached hydrogens (tertiary/aromatic N) is 1. The third kappa shape index (κ3) is 3.51. The van der Waals surface area contributed by atoms with Crippen LogP contribution in [0.4, 0.5) is 4.39 Å². The standard InChI is InChI=1S/C13H12BrClFN3/c14-9-4-8(6-18-7-9)5-12(19-17)13-10(15)2-1-3-11(13)16/h1-4,6-7,12,19H,5,17H2. The Morgan fingerprint density at radius 3 is 2.84 bits per heavy atom. The Bertz CT molecular complexity index is 559. The van der Waals surface area contributed by atoms with Gasteiger partial charge in [0, 0.05) is 27.5 Å². The highest BCUT2D eigenvalue weighted by Crippen LogP contribution is 2.28. The van der Waals surface area contributed by atoms with E-state index < -0.39 is 6.04 Å². The molecule has 0 fully saturated rings. The second kappa shape index (κ2) is 6.43. The Hall–Kier alpha value is -1.01. The minimum absolute atomic E-state index is 0.353. The van der Waals surface area contributed by atoms with Crippen molar-refractivity contribution in [1.82, 2.24) is 10.4 Å². The van der Waals surface area contributed by atoms with E-state index in [-0.39, 0.29) is 5.82 Å². The summed E-state index contributed by atoms with van der Waals surface area (Å²) < 4.78 is 14.7. The van der Waals surface area contributed by atoms with E-state index in [1.165, 1.54) is 6.07 Å². The summed E-state index contributed by atoms with van der Waals surface area (Å²) in [6, 6.07) is 6.07. The van der Waals surface area contributed by atoms with Crippen molar-refractivity contribution in [2.24, 2.45) is 5.84 Å². The molecule has 2 aromatic rings. The van der Waals surface area contributed by atoms with Gasteiger partial charge in [0.1, 0.15) is 5.82 Å². The first-order chi connectivity index (χ1) is 9.11. The van der Waals surface area contributed by atoms with Gasteiger partial charge in [-0.05, 0) is 46.1 Å². The van der Waals surface area contributed by atoms with Crippen LogP contribution in [0.25, 0.3) is 0 Å². The minimum Gasteiger partial charge on any atom is -0.271 e. The monoisotopic (exact) mass is 343 g/mol. The predicted molar refractivity (Wildman–Crippen MR) is 77.1 cm³/mol. The van der Waals surface area contributed by atoms with E-state index in [4.69, 9.17) is 17.4 Å². The van der Waals surface area contributed by atoms with Crippen LogP contribution in [-0.2, 0) is 6.42 Å². The fourth-order valence-electron chi connectivity index (χ4n) is 1.89. The largest absolute Gasteiger partial charge is 0.271 e. The van der Waals surface area contributed by atoms with Crippen LogP contribution in [0.3, 0.4) is 0 Å². The lowest BCUT2D eigenvalue weighted by Crippen LogP contribution is -2.30. The van der Waals surface area contributed by atoms with Gasteiger partial charge in [0.15, 0.2) is 0 Å². The highest BCUT2D eigenvalue weighted by molar-refractivity contribution is 9.10. The lowest BCUT2D eigenvalue weighted by molar-refractivity contribution is 0.510. The Kier molecular flexibility index (Phi) is 4.87. The van der Waals surface area contributed by atoms with Crippen LogP contribution in [-0.4, -0.2) is 4.98 Å². The Labute approximate surface area is 124 Å². The van der Waals surface area contributed by atoms with Crippen LogP contribution in [0.2, 0.25) is 5.02 Å². The van der Waals surface area contributed by atoms with Crippen molar-refractivity contribution in [1.29, 1.82) is 0 Å². The molecule has 1 unspecified atom stereocenters. The third-order valence-corrected chi connectivity index (χ3v) is 3.51. The summed E-state index contributed by atoms with van der Waals surface area (Å²) in [5.74, 6) is 5.14. The van der Waals surface area contributed by atoms with Crippen molar-refractivity contribution in [3.63, 3.8) is 0 Å². The first-order valence-electron chi connectivity index (χ1n) is 5.61. The molecule has 1 atom stereocenters. The molecule has 1 heterocycles. The van der Waals surface area contributed by atoms with Crippen LogP contribution < -0.4 is 11.3 Å². The van der Waals surface area contributed by atoms with Crippen molar-refractivity contribution in [3.05, 3.63) is 63.1 Å². The lowest BCUT2D eigenvalue weighted by Gasteiger charge is -2.18. The first kappa shape index (κ1) is 14.4. The van der Waals surface area contributed by atoms with Crippen molar-refractivity contribution in [2.45, 2.75) is 12.5 Å². The van der Waals surface area contributed by atoms with E-state index in [0.29, 0.717) is 17.0 Å². The van der Waals surface area contributed by atoms with E-state index >= 15 is 0 Å². The minimum atomic E-state index is -0.412. The average Bonchev–Trinajstić information content (AvgIpc) is 2.37. The van der Waals surface area contributed by atoms with Gasteiger partial charge < -0.3 is 0 Å². The van der Waals surface area contributed by atoms with Crippen LogP contribution in [0, 0.1) is 5.82 Å². The number of benzene rings is 1. The SMILES string of the molecule is NNC(Cc1cncc(Br)c1)c1c(F)cccc1Cl. The summed E-state index contributed by atoms with van der Waals surface area (Å²) in [7, 11) is 0. The number of halogens is 3. The van der Waals surface area contributed by atoms with Gasteiger partial charge in [-0.3, -0.25) is 16.3 Å². The average molecular weight is 345 g/mol. The zero-order chi connectivity index (χ0) is 13.8. The highest BCUT2D eigenvalue weighted by Gasteiger charge is 2.18. The molecule has 0 bridgehead atoms.